The number of aldehydes is 1. The normalized spacial score (nSPS) is 10.0. The Morgan fingerprint density at radius 3 is 2.48 bits per heavy atom. The molecule has 0 N–H and O–H groups in total. The molecular weight excluding hydrogens is 298 g/mol. The number of methoxy groups -OCH3 is 1. The molecule has 0 amide bonds. The molecule has 6 nitrogen and oxygen atoms in total. The Balaban J connectivity index is 2.39. The summed E-state index contributed by atoms with van der Waals surface area (Å²) in [6.45, 7) is 0. The molecule has 7 heteroatoms. The van der Waals surface area contributed by atoms with Gasteiger partial charge >= 0.3 is 5.69 Å². The largest absolute Gasteiger partial charge is 0.496 e. The summed E-state index contributed by atoms with van der Waals surface area (Å²) >= 11 is 5.97. The third kappa shape index (κ3) is 3.29. The highest BCUT2D eigenvalue weighted by molar-refractivity contribution is 6.32. The number of rotatable bonds is 5. The van der Waals surface area contributed by atoms with Gasteiger partial charge in [-0.25, -0.2) is 0 Å². The van der Waals surface area contributed by atoms with Gasteiger partial charge in [0.25, 0.3) is 0 Å². The molecule has 0 bridgehead atoms. The molecule has 0 heterocycles. The van der Waals surface area contributed by atoms with Crippen LogP contribution < -0.4 is 9.47 Å². The van der Waals surface area contributed by atoms with Crippen LogP contribution in [0.3, 0.4) is 0 Å². The van der Waals surface area contributed by atoms with Crippen molar-refractivity contribution >= 4 is 23.6 Å². The third-order valence-electron chi connectivity index (χ3n) is 2.67. The molecule has 21 heavy (non-hydrogen) atoms. The standard InChI is InChI=1S/C14H10ClNO5/c1-20-10-3-5-14(12(7-10)16(18)19)21-13-4-2-9(8-17)6-11(13)15/h2-8H,1H3. The first-order valence-corrected chi connectivity index (χ1v) is 6.18. The van der Waals surface area contributed by atoms with E-state index in [-0.39, 0.29) is 22.2 Å². The van der Waals surface area contributed by atoms with Crippen LogP contribution in [0.1, 0.15) is 10.4 Å². The summed E-state index contributed by atoms with van der Waals surface area (Å²) < 4.78 is 10.4. The second kappa shape index (κ2) is 6.23. The Labute approximate surface area is 125 Å². The quantitative estimate of drug-likeness (QED) is 0.476. The molecule has 0 aromatic heterocycles. The van der Waals surface area contributed by atoms with Crippen molar-refractivity contribution in [3.8, 4) is 17.2 Å². The molecule has 0 spiro atoms. The molecule has 0 saturated carbocycles. The predicted octanol–water partition coefficient (Wildman–Crippen LogP) is 3.86. The number of hydrogen-bond donors (Lipinski definition) is 0. The van der Waals surface area contributed by atoms with Gasteiger partial charge in [-0.1, -0.05) is 11.6 Å². The van der Waals surface area contributed by atoms with Gasteiger partial charge in [0.05, 0.1) is 23.1 Å². The SMILES string of the molecule is COc1ccc(Oc2ccc(C=O)cc2Cl)c([N+](=O)[O-])c1. The van der Waals surface area contributed by atoms with Crippen LogP contribution in [-0.4, -0.2) is 18.3 Å². The zero-order valence-electron chi connectivity index (χ0n) is 10.9. The summed E-state index contributed by atoms with van der Waals surface area (Å²) in [5.74, 6) is 0.591. The van der Waals surface area contributed by atoms with Crippen molar-refractivity contribution < 1.29 is 19.2 Å². The Morgan fingerprint density at radius 2 is 1.90 bits per heavy atom. The number of nitrogens with zero attached hydrogens (tertiary/aromatic N) is 1. The van der Waals surface area contributed by atoms with Crippen LogP contribution in [0.4, 0.5) is 5.69 Å². The molecule has 108 valence electrons. The summed E-state index contributed by atoms with van der Waals surface area (Å²) in [6.07, 6.45) is 0.644. The molecule has 0 aliphatic carbocycles. The lowest BCUT2D eigenvalue weighted by atomic mass is 10.2. The lowest BCUT2D eigenvalue weighted by Crippen LogP contribution is -1.95. The fraction of sp³-hybridized carbons (Fsp3) is 0.0714. The number of benzene rings is 2. The summed E-state index contributed by atoms with van der Waals surface area (Å²) in [6, 6.07) is 8.60. The number of carbonyl (C=O) groups is 1. The van der Waals surface area contributed by atoms with Gasteiger partial charge in [-0.15, -0.1) is 0 Å². The molecule has 2 aromatic carbocycles. The minimum absolute atomic E-state index is 0.0292. The molecular formula is C14H10ClNO5. The first-order chi connectivity index (χ1) is 10.0. The Bertz CT molecular complexity index is 702. The van der Waals surface area contributed by atoms with Crippen molar-refractivity contribution in [2.45, 2.75) is 0 Å². The third-order valence-corrected chi connectivity index (χ3v) is 2.97. The fourth-order valence-corrected chi connectivity index (χ4v) is 1.87. The number of nitro groups is 1. The van der Waals surface area contributed by atoms with Crippen LogP contribution in [0.25, 0.3) is 0 Å². The van der Waals surface area contributed by atoms with Gasteiger partial charge in [-0.05, 0) is 30.3 Å². The highest BCUT2D eigenvalue weighted by Gasteiger charge is 2.18. The monoisotopic (exact) mass is 307 g/mol. The Hall–Kier alpha value is -2.60. The van der Waals surface area contributed by atoms with Crippen molar-refractivity contribution in [2.24, 2.45) is 0 Å². The average Bonchev–Trinajstić information content (AvgIpc) is 2.49. The Kier molecular flexibility index (Phi) is 4.39. The van der Waals surface area contributed by atoms with Crippen LogP contribution in [0.5, 0.6) is 17.2 Å². The summed E-state index contributed by atoms with van der Waals surface area (Å²) in [4.78, 5) is 21.1. The van der Waals surface area contributed by atoms with E-state index in [0.717, 1.165) is 0 Å². The van der Waals surface area contributed by atoms with Crippen LogP contribution in [0, 0.1) is 10.1 Å². The van der Waals surface area contributed by atoms with Gasteiger partial charge in [0.2, 0.25) is 5.75 Å². The highest BCUT2D eigenvalue weighted by atomic mass is 35.5. The molecule has 2 rings (SSSR count). The van der Waals surface area contributed by atoms with Crippen LogP contribution >= 0.6 is 11.6 Å². The van der Waals surface area contributed by atoms with Crippen LogP contribution in [-0.2, 0) is 0 Å². The summed E-state index contributed by atoms with van der Waals surface area (Å²) in [7, 11) is 1.41. The predicted molar refractivity (Wildman–Crippen MR) is 76.6 cm³/mol. The van der Waals surface area contributed by atoms with E-state index < -0.39 is 4.92 Å². The van der Waals surface area contributed by atoms with E-state index in [1.807, 2.05) is 0 Å². The number of nitro benzene ring substituents is 1. The minimum Gasteiger partial charge on any atom is -0.496 e. The minimum atomic E-state index is -0.578. The zero-order valence-corrected chi connectivity index (χ0v) is 11.7. The molecule has 2 aromatic rings. The summed E-state index contributed by atoms with van der Waals surface area (Å²) in [5, 5.41) is 11.2. The van der Waals surface area contributed by atoms with Gasteiger partial charge in [0.15, 0.2) is 0 Å². The van der Waals surface area contributed by atoms with Gasteiger partial charge in [-0.3, -0.25) is 14.9 Å². The number of ether oxygens (including phenoxy) is 2. The lowest BCUT2D eigenvalue weighted by molar-refractivity contribution is -0.385. The smallest absolute Gasteiger partial charge is 0.315 e. The lowest BCUT2D eigenvalue weighted by Gasteiger charge is -2.09. The van der Waals surface area contributed by atoms with Gasteiger partial charge in [-0.2, -0.15) is 0 Å². The number of hydrogen-bond acceptors (Lipinski definition) is 5. The first kappa shape index (κ1) is 14.8. The summed E-state index contributed by atoms with van der Waals surface area (Å²) in [5.41, 5.74) is 0.140. The van der Waals surface area contributed by atoms with Gasteiger partial charge in [0.1, 0.15) is 17.8 Å². The van der Waals surface area contributed by atoms with E-state index in [9.17, 15) is 14.9 Å². The average molecular weight is 308 g/mol. The van der Waals surface area contributed by atoms with E-state index in [0.29, 0.717) is 17.6 Å². The fourth-order valence-electron chi connectivity index (χ4n) is 1.64. The maximum Gasteiger partial charge on any atom is 0.315 e. The second-order valence-corrected chi connectivity index (χ2v) is 4.41. The van der Waals surface area contributed by atoms with Crippen molar-refractivity contribution in [3.63, 3.8) is 0 Å². The number of carbonyl (C=O) groups excluding carboxylic acids is 1. The van der Waals surface area contributed by atoms with Crippen molar-refractivity contribution in [3.05, 3.63) is 57.1 Å². The van der Waals surface area contributed by atoms with Gasteiger partial charge in [0, 0.05) is 5.56 Å². The molecule has 0 radical (unpaired) electrons. The molecule has 0 unspecified atom stereocenters. The molecule has 0 fully saturated rings. The van der Waals surface area contributed by atoms with Crippen LogP contribution in [0.2, 0.25) is 5.02 Å². The second-order valence-electron chi connectivity index (χ2n) is 4.00. The van der Waals surface area contributed by atoms with E-state index >= 15 is 0 Å². The van der Waals surface area contributed by atoms with Crippen LogP contribution in [0.15, 0.2) is 36.4 Å². The van der Waals surface area contributed by atoms with E-state index in [1.165, 1.54) is 43.5 Å². The Morgan fingerprint density at radius 1 is 1.19 bits per heavy atom. The number of halogens is 1. The molecule has 0 aliphatic heterocycles. The first-order valence-electron chi connectivity index (χ1n) is 5.80. The van der Waals surface area contributed by atoms with E-state index in [4.69, 9.17) is 21.1 Å². The maximum atomic E-state index is 11.1. The maximum absolute atomic E-state index is 11.1. The molecule has 0 saturated heterocycles. The topological polar surface area (TPSA) is 78.7 Å². The van der Waals surface area contributed by atoms with Crippen molar-refractivity contribution in [2.75, 3.05) is 7.11 Å². The zero-order chi connectivity index (χ0) is 15.4. The van der Waals surface area contributed by atoms with E-state index in [1.54, 1.807) is 0 Å². The highest BCUT2D eigenvalue weighted by Crippen LogP contribution is 2.37. The molecule has 0 atom stereocenters. The van der Waals surface area contributed by atoms with Crippen molar-refractivity contribution in [1.29, 1.82) is 0 Å². The molecule has 0 aliphatic rings. The van der Waals surface area contributed by atoms with Crippen molar-refractivity contribution in [1.82, 2.24) is 0 Å². The van der Waals surface area contributed by atoms with E-state index in [2.05, 4.69) is 0 Å². The van der Waals surface area contributed by atoms with Gasteiger partial charge < -0.3 is 9.47 Å².